The SMILES string of the molecule is COCc1c(C2(CN)CCC2)ccc(OC)c1OC. The van der Waals surface area contributed by atoms with Gasteiger partial charge in [0.2, 0.25) is 0 Å². The van der Waals surface area contributed by atoms with Crippen LogP contribution < -0.4 is 15.2 Å². The van der Waals surface area contributed by atoms with Crippen molar-refractivity contribution >= 4 is 0 Å². The van der Waals surface area contributed by atoms with Gasteiger partial charge >= 0.3 is 0 Å². The molecule has 1 saturated carbocycles. The fraction of sp³-hybridized carbons (Fsp3) is 0.600. The molecule has 0 unspecified atom stereocenters. The summed E-state index contributed by atoms with van der Waals surface area (Å²) in [5.41, 5.74) is 8.42. The van der Waals surface area contributed by atoms with E-state index in [1.807, 2.05) is 6.07 Å². The highest BCUT2D eigenvalue weighted by molar-refractivity contribution is 5.53. The average molecular weight is 265 g/mol. The molecule has 0 spiro atoms. The zero-order valence-electron chi connectivity index (χ0n) is 12.0. The lowest BCUT2D eigenvalue weighted by molar-refractivity contribution is 0.173. The first-order chi connectivity index (χ1) is 9.22. The zero-order valence-corrected chi connectivity index (χ0v) is 12.0. The van der Waals surface area contributed by atoms with Gasteiger partial charge in [-0.3, -0.25) is 0 Å². The lowest BCUT2D eigenvalue weighted by Crippen LogP contribution is -2.42. The lowest BCUT2D eigenvalue weighted by atomic mass is 9.63. The molecule has 106 valence electrons. The minimum atomic E-state index is 0.0907. The average Bonchev–Trinajstić information content (AvgIpc) is 2.39. The van der Waals surface area contributed by atoms with Crippen molar-refractivity contribution in [3.63, 3.8) is 0 Å². The van der Waals surface area contributed by atoms with Crippen LogP contribution in [-0.2, 0) is 16.8 Å². The zero-order chi connectivity index (χ0) is 13.9. The Bertz CT molecular complexity index is 436. The van der Waals surface area contributed by atoms with E-state index in [2.05, 4.69) is 6.07 Å². The molecule has 1 aliphatic carbocycles. The van der Waals surface area contributed by atoms with Crippen LogP contribution in [0.15, 0.2) is 12.1 Å². The first kappa shape index (κ1) is 14.2. The van der Waals surface area contributed by atoms with Crippen molar-refractivity contribution in [2.45, 2.75) is 31.3 Å². The Hall–Kier alpha value is -1.26. The van der Waals surface area contributed by atoms with Crippen molar-refractivity contribution in [3.05, 3.63) is 23.3 Å². The molecule has 19 heavy (non-hydrogen) atoms. The predicted molar refractivity (Wildman–Crippen MR) is 74.8 cm³/mol. The van der Waals surface area contributed by atoms with Crippen LogP contribution in [0.2, 0.25) is 0 Å². The molecule has 1 aromatic rings. The third kappa shape index (κ3) is 2.30. The van der Waals surface area contributed by atoms with E-state index in [4.69, 9.17) is 19.9 Å². The maximum atomic E-state index is 6.02. The summed E-state index contributed by atoms with van der Waals surface area (Å²) in [6.45, 7) is 1.18. The Morgan fingerprint density at radius 2 is 1.89 bits per heavy atom. The summed E-state index contributed by atoms with van der Waals surface area (Å²) >= 11 is 0. The topological polar surface area (TPSA) is 53.7 Å². The molecule has 4 heteroatoms. The van der Waals surface area contributed by atoms with Crippen LogP contribution in [0.5, 0.6) is 11.5 Å². The monoisotopic (exact) mass is 265 g/mol. The Labute approximate surface area is 114 Å². The van der Waals surface area contributed by atoms with Gasteiger partial charge in [-0.25, -0.2) is 0 Å². The number of hydrogen-bond acceptors (Lipinski definition) is 4. The van der Waals surface area contributed by atoms with Gasteiger partial charge in [-0.15, -0.1) is 0 Å². The molecule has 0 aromatic heterocycles. The van der Waals surface area contributed by atoms with Crippen LogP contribution in [0, 0.1) is 0 Å². The Balaban J connectivity index is 2.53. The summed E-state index contributed by atoms with van der Waals surface area (Å²) in [4.78, 5) is 0. The van der Waals surface area contributed by atoms with Gasteiger partial charge in [-0.1, -0.05) is 12.5 Å². The van der Waals surface area contributed by atoms with Crippen molar-refractivity contribution in [2.24, 2.45) is 5.73 Å². The summed E-state index contributed by atoms with van der Waals surface area (Å²) in [6, 6.07) is 4.07. The van der Waals surface area contributed by atoms with Crippen LogP contribution >= 0.6 is 0 Å². The van der Waals surface area contributed by atoms with Gasteiger partial charge in [0.1, 0.15) is 0 Å². The Kier molecular flexibility index (Phi) is 4.32. The molecule has 1 fully saturated rings. The summed E-state index contributed by atoms with van der Waals surface area (Å²) in [5, 5.41) is 0. The standard InChI is InChI=1S/C15H23NO3/c1-17-9-11-12(15(10-16)7-4-8-15)5-6-13(18-2)14(11)19-3/h5-6H,4,7-10,16H2,1-3H3. The normalized spacial score (nSPS) is 16.8. The van der Waals surface area contributed by atoms with E-state index in [1.165, 1.54) is 12.0 Å². The second kappa shape index (κ2) is 5.80. The van der Waals surface area contributed by atoms with Gasteiger partial charge in [0.15, 0.2) is 11.5 Å². The summed E-state index contributed by atoms with van der Waals surface area (Å²) < 4.78 is 16.2. The predicted octanol–water partition coefficient (Wildman–Crippen LogP) is 2.23. The number of benzene rings is 1. The third-order valence-corrected chi connectivity index (χ3v) is 4.21. The first-order valence-electron chi connectivity index (χ1n) is 6.65. The number of nitrogens with two attached hydrogens (primary N) is 1. The minimum Gasteiger partial charge on any atom is -0.493 e. The van der Waals surface area contributed by atoms with Crippen LogP contribution in [0.3, 0.4) is 0 Å². The highest BCUT2D eigenvalue weighted by atomic mass is 16.5. The van der Waals surface area contributed by atoms with Crippen molar-refractivity contribution in [1.29, 1.82) is 0 Å². The second-order valence-corrected chi connectivity index (χ2v) is 5.10. The Morgan fingerprint density at radius 1 is 1.16 bits per heavy atom. The van der Waals surface area contributed by atoms with Gasteiger partial charge in [0, 0.05) is 24.6 Å². The smallest absolute Gasteiger partial charge is 0.166 e. The fourth-order valence-corrected chi connectivity index (χ4v) is 2.96. The van der Waals surface area contributed by atoms with E-state index in [0.29, 0.717) is 13.2 Å². The Morgan fingerprint density at radius 3 is 2.32 bits per heavy atom. The van der Waals surface area contributed by atoms with Gasteiger partial charge in [0.05, 0.1) is 20.8 Å². The molecule has 2 N–H and O–H groups in total. The van der Waals surface area contributed by atoms with Gasteiger partial charge in [-0.05, 0) is 24.5 Å². The van der Waals surface area contributed by atoms with Crippen LogP contribution in [0.1, 0.15) is 30.4 Å². The molecule has 1 aliphatic rings. The number of ether oxygens (including phenoxy) is 3. The maximum Gasteiger partial charge on any atom is 0.166 e. The van der Waals surface area contributed by atoms with Crippen LogP contribution in [-0.4, -0.2) is 27.9 Å². The van der Waals surface area contributed by atoms with Crippen molar-refractivity contribution in [2.75, 3.05) is 27.9 Å². The molecule has 0 heterocycles. The van der Waals surface area contributed by atoms with Crippen LogP contribution in [0.25, 0.3) is 0 Å². The molecule has 0 bridgehead atoms. The summed E-state index contributed by atoms with van der Waals surface area (Å²) in [6.07, 6.45) is 3.50. The number of rotatable bonds is 6. The van der Waals surface area contributed by atoms with Gasteiger partial charge in [-0.2, -0.15) is 0 Å². The van der Waals surface area contributed by atoms with Crippen LogP contribution in [0.4, 0.5) is 0 Å². The first-order valence-corrected chi connectivity index (χ1v) is 6.65. The summed E-state index contributed by atoms with van der Waals surface area (Å²) in [7, 11) is 5.01. The molecule has 2 rings (SSSR count). The third-order valence-electron chi connectivity index (χ3n) is 4.21. The van der Waals surface area contributed by atoms with Gasteiger partial charge in [0.25, 0.3) is 0 Å². The molecule has 0 saturated heterocycles. The van der Waals surface area contributed by atoms with E-state index >= 15 is 0 Å². The minimum absolute atomic E-state index is 0.0907. The van der Waals surface area contributed by atoms with E-state index in [1.54, 1.807) is 21.3 Å². The summed E-state index contributed by atoms with van der Waals surface area (Å²) in [5.74, 6) is 1.51. The van der Waals surface area contributed by atoms with Crippen molar-refractivity contribution in [3.8, 4) is 11.5 Å². The van der Waals surface area contributed by atoms with Crippen molar-refractivity contribution in [1.82, 2.24) is 0 Å². The molecule has 4 nitrogen and oxygen atoms in total. The second-order valence-electron chi connectivity index (χ2n) is 5.10. The number of methoxy groups -OCH3 is 3. The molecule has 0 amide bonds. The fourth-order valence-electron chi connectivity index (χ4n) is 2.96. The lowest BCUT2D eigenvalue weighted by Gasteiger charge is -2.43. The molecule has 0 radical (unpaired) electrons. The number of hydrogen-bond donors (Lipinski definition) is 1. The quantitative estimate of drug-likeness (QED) is 0.857. The van der Waals surface area contributed by atoms with Crippen molar-refractivity contribution < 1.29 is 14.2 Å². The highest BCUT2D eigenvalue weighted by Crippen LogP contribution is 2.47. The van der Waals surface area contributed by atoms with E-state index in [9.17, 15) is 0 Å². The molecule has 1 aromatic carbocycles. The molecular weight excluding hydrogens is 242 g/mol. The largest absolute Gasteiger partial charge is 0.493 e. The molecular formula is C15H23NO3. The highest BCUT2D eigenvalue weighted by Gasteiger charge is 2.39. The molecule has 0 atom stereocenters. The van der Waals surface area contributed by atoms with E-state index < -0.39 is 0 Å². The van der Waals surface area contributed by atoms with E-state index in [0.717, 1.165) is 29.9 Å². The molecule has 0 aliphatic heterocycles. The van der Waals surface area contributed by atoms with E-state index in [-0.39, 0.29) is 5.41 Å². The maximum absolute atomic E-state index is 6.02. The van der Waals surface area contributed by atoms with Gasteiger partial charge < -0.3 is 19.9 Å².